The molecule has 2 rings (SSSR count). The fourth-order valence-electron chi connectivity index (χ4n) is 1.72. The molecule has 114 valence electrons. The molecule has 0 spiro atoms. The molecule has 11 heteroatoms. The van der Waals surface area contributed by atoms with Crippen molar-refractivity contribution in [2.45, 2.75) is 18.6 Å². The zero-order valence-electron chi connectivity index (χ0n) is 10.6. The van der Waals surface area contributed by atoms with E-state index in [1.807, 2.05) is 0 Å². The second-order valence-corrected chi connectivity index (χ2v) is 6.18. The number of imidazole rings is 1. The Kier molecular flexibility index (Phi) is 3.79. The van der Waals surface area contributed by atoms with Crippen LogP contribution < -0.4 is 5.73 Å². The number of hydrogen-bond acceptors (Lipinski definition) is 5. The van der Waals surface area contributed by atoms with Crippen LogP contribution in [0.25, 0.3) is 11.2 Å². The van der Waals surface area contributed by atoms with Crippen LogP contribution in [0.2, 0.25) is 0 Å². The lowest BCUT2D eigenvalue weighted by Gasteiger charge is -2.18. The van der Waals surface area contributed by atoms with Crippen molar-refractivity contribution in [1.29, 1.82) is 0 Å². The van der Waals surface area contributed by atoms with E-state index in [1.54, 1.807) is 0 Å². The molecule has 2 heterocycles. The van der Waals surface area contributed by atoms with Crippen LogP contribution in [0.15, 0.2) is 24.8 Å². The predicted octanol–water partition coefficient (Wildman–Crippen LogP) is 1.13. The number of nitrogens with zero attached hydrogens (tertiary/aromatic N) is 4. The summed E-state index contributed by atoms with van der Waals surface area (Å²) in [6.45, 7) is 3.29. The number of aromatic nitrogens is 4. The van der Waals surface area contributed by atoms with Gasteiger partial charge in [-0.25, -0.2) is 15.0 Å². The molecule has 0 radical (unpaired) electrons. The van der Waals surface area contributed by atoms with E-state index < -0.39 is 19.7 Å². The van der Waals surface area contributed by atoms with Crippen molar-refractivity contribution in [1.82, 2.24) is 19.5 Å². The van der Waals surface area contributed by atoms with Gasteiger partial charge in [0.1, 0.15) is 11.8 Å². The molecule has 0 aliphatic heterocycles. The highest BCUT2D eigenvalue weighted by Crippen LogP contribution is 2.55. The second-order valence-electron chi connectivity index (χ2n) is 4.44. The van der Waals surface area contributed by atoms with Crippen molar-refractivity contribution < 1.29 is 23.1 Å². The van der Waals surface area contributed by atoms with Gasteiger partial charge in [-0.2, -0.15) is 8.78 Å². The summed E-state index contributed by atoms with van der Waals surface area (Å²) in [7, 11) is -5.53. The molecule has 0 atom stereocenters. The van der Waals surface area contributed by atoms with Crippen molar-refractivity contribution in [3.63, 3.8) is 0 Å². The van der Waals surface area contributed by atoms with Crippen molar-refractivity contribution in [3.05, 3.63) is 24.8 Å². The van der Waals surface area contributed by atoms with Gasteiger partial charge in [-0.05, 0) is 0 Å². The maximum atomic E-state index is 13.3. The number of nitrogens with two attached hydrogens (primary N) is 1. The Hall–Kier alpha value is -1.90. The third kappa shape index (κ3) is 3.07. The van der Waals surface area contributed by atoms with Crippen LogP contribution in [0.4, 0.5) is 14.6 Å². The molecule has 8 nitrogen and oxygen atoms in total. The molecule has 0 fully saturated rings. The number of nitrogen functional groups attached to an aromatic ring is 1. The molecule has 0 unspecified atom stereocenters. The zero-order chi connectivity index (χ0) is 15.8. The monoisotopic (exact) mass is 319 g/mol. The van der Waals surface area contributed by atoms with E-state index in [4.69, 9.17) is 15.5 Å². The molecule has 0 bridgehead atoms. The Morgan fingerprint density at radius 2 is 2.10 bits per heavy atom. The van der Waals surface area contributed by atoms with E-state index >= 15 is 0 Å². The Balaban J connectivity index is 2.20. The van der Waals surface area contributed by atoms with Crippen LogP contribution in [0.1, 0.15) is 6.42 Å². The van der Waals surface area contributed by atoms with E-state index in [0.29, 0.717) is 11.2 Å². The minimum absolute atomic E-state index is 0.0835. The Labute approximate surface area is 117 Å². The van der Waals surface area contributed by atoms with Crippen LogP contribution in [0, 0.1) is 0 Å². The second kappa shape index (κ2) is 5.14. The van der Waals surface area contributed by atoms with Crippen LogP contribution in [-0.2, 0) is 11.1 Å². The summed E-state index contributed by atoms with van der Waals surface area (Å²) in [4.78, 5) is 28.8. The molecule has 2 aromatic rings. The molecule has 0 saturated carbocycles. The van der Waals surface area contributed by atoms with Gasteiger partial charge in [0.15, 0.2) is 11.5 Å². The van der Waals surface area contributed by atoms with Crippen molar-refractivity contribution in [2.75, 3.05) is 5.73 Å². The first-order valence-electron chi connectivity index (χ1n) is 5.63. The lowest BCUT2D eigenvalue weighted by molar-refractivity contribution is 0.0585. The number of rotatable bonds is 5. The number of alkyl halides is 2. The first-order valence-corrected chi connectivity index (χ1v) is 7.24. The molecule has 0 aromatic carbocycles. The smallest absolute Gasteiger partial charge is 0.382 e. The number of fused-ring (bicyclic) bond motifs is 1. The Morgan fingerprint density at radius 1 is 1.43 bits per heavy atom. The molecule has 0 aliphatic rings. The van der Waals surface area contributed by atoms with E-state index in [1.165, 1.54) is 17.2 Å². The van der Waals surface area contributed by atoms with Crippen LogP contribution in [-0.4, -0.2) is 35.0 Å². The lowest BCUT2D eigenvalue weighted by Crippen LogP contribution is -2.18. The molecule has 0 amide bonds. The number of halogens is 2. The minimum Gasteiger partial charge on any atom is -0.382 e. The van der Waals surface area contributed by atoms with Crippen LogP contribution in [0.5, 0.6) is 0 Å². The average Bonchev–Trinajstić information content (AvgIpc) is 2.71. The largest absolute Gasteiger partial charge is 0.394 e. The van der Waals surface area contributed by atoms with Gasteiger partial charge in [0, 0.05) is 13.0 Å². The first kappa shape index (κ1) is 15.5. The maximum absolute atomic E-state index is 13.3. The number of allylic oxidation sites excluding steroid dienone is 1. The first-order chi connectivity index (χ1) is 9.62. The molecule has 21 heavy (non-hydrogen) atoms. The van der Waals surface area contributed by atoms with Crippen molar-refractivity contribution >= 4 is 24.6 Å². The average molecular weight is 319 g/mol. The normalized spacial score (nSPS) is 12.8. The summed E-state index contributed by atoms with van der Waals surface area (Å²) < 4.78 is 38.7. The van der Waals surface area contributed by atoms with Crippen molar-refractivity contribution in [2.24, 2.45) is 0 Å². The Morgan fingerprint density at radius 3 is 2.71 bits per heavy atom. The summed E-state index contributed by atoms with van der Waals surface area (Å²) in [5, 5.41) is 0. The quantitative estimate of drug-likeness (QED) is 0.556. The van der Waals surface area contributed by atoms with Crippen LogP contribution in [0.3, 0.4) is 0 Å². The summed E-state index contributed by atoms with van der Waals surface area (Å²) in [6, 6.07) is 0. The van der Waals surface area contributed by atoms with E-state index in [0.717, 1.165) is 0 Å². The van der Waals surface area contributed by atoms with Gasteiger partial charge in [0.25, 0.3) is 0 Å². The fourth-order valence-corrected chi connectivity index (χ4v) is 2.14. The third-order valence-corrected chi connectivity index (χ3v) is 3.72. The molecule has 4 N–H and O–H groups in total. The summed E-state index contributed by atoms with van der Waals surface area (Å²) in [5.74, 6) is 0.143. The SMILES string of the molecule is C=C(Cn1cnc2c(N)ncnc21)CC(F)(F)P(=O)(O)O. The standard InChI is InChI=1S/C10H12F2N5O3P/c1-6(2-10(11,12)21(18,19)20)3-17-5-16-7-8(13)14-4-15-9(7)17/h4-5H,1-3H2,(H2,13,14,15)(H2,18,19,20). The van der Waals surface area contributed by atoms with E-state index in [2.05, 4.69) is 21.5 Å². The lowest BCUT2D eigenvalue weighted by atomic mass is 10.2. The highest BCUT2D eigenvalue weighted by atomic mass is 31.2. The van der Waals surface area contributed by atoms with E-state index in [9.17, 15) is 13.3 Å². The van der Waals surface area contributed by atoms with Gasteiger partial charge < -0.3 is 20.1 Å². The summed E-state index contributed by atoms with van der Waals surface area (Å²) >= 11 is 0. The molecular formula is C10H12F2N5O3P. The van der Waals surface area contributed by atoms with Crippen molar-refractivity contribution in [3.8, 4) is 0 Å². The Bertz CT molecular complexity index is 741. The number of anilines is 1. The highest BCUT2D eigenvalue weighted by molar-refractivity contribution is 7.53. The van der Waals surface area contributed by atoms with Crippen LogP contribution >= 0.6 is 7.60 Å². The predicted molar refractivity (Wildman–Crippen MR) is 70.5 cm³/mol. The van der Waals surface area contributed by atoms with Gasteiger partial charge in [-0.3, -0.25) is 4.57 Å². The van der Waals surface area contributed by atoms with Gasteiger partial charge in [-0.1, -0.05) is 12.2 Å². The van der Waals surface area contributed by atoms with Gasteiger partial charge in [0.05, 0.1) is 6.33 Å². The van der Waals surface area contributed by atoms with Gasteiger partial charge >= 0.3 is 13.3 Å². The molecule has 0 saturated heterocycles. The number of hydrogen-bond donors (Lipinski definition) is 3. The third-order valence-electron chi connectivity index (χ3n) is 2.71. The molecule has 2 aromatic heterocycles. The molecular weight excluding hydrogens is 307 g/mol. The highest BCUT2D eigenvalue weighted by Gasteiger charge is 2.48. The maximum Gasteiger partial charge on any atom is 0.394 e. The van der Waals surface area contributed by atoms with Gasteiger partial charge in [0.2, 0.25) is 0 Å². The summed E-state index contributed by atoms with van der Waals surface area (Å²) in [6.07, 6.45) is 1.37. The van der Waals surface area contributed by atoms with E-state index in [-0.39, 0.29) is 17.9 Å². The molecule has 0 aliphatic carbocycles. The fraction of sp³-hybridized carbons (Fsp3) is 0.300. The minimum atomic E-state index is -5.53. The zero-order valence-corrected chi connectivity index (χ0v) is 11.5. The topological polar surface area (TPSA) is 127 Å². The van der Waals surface area contributed by atoms with Gasteiger partial charge in [-0.15, -0.1) is 0 Å². The summed E-state index contributed by atoms with van der Waals surface area (Å²) in [5.41, 5.74) is 1.98.